The molecule has 0 amide bonds. The van der Waals surface area contributed by atoms with Gasteiger partial charge < -0.3 is 15.2 Å². The lowest BCUT2D eigenvalue weighted by Gasteiger charge is -2.53. The van der Waals surface area contributed by atoms with Gasteiger partial charge in [0.1, 0.15) is 21.2 Å². The summed E-state index contributed by atoms with van der Waals surface area (Å²) in [7, 11) is 15.1. The van der Waals surface area contributed by atoms with Crippen molar-refractivity contribution in [2.45, 2.75) is 49.6 Å². The smallest absolute Gasteiger partial charge is 0.281 e. The minimum atomic E-state index is -1.55. The van der Waals surface area contributed by atoms with Crippen LogP contribution in [0.15, 0.2) is 41.7 Å². The standard InChI is InChI=1S/C23H24B2ClN3O2/c1-13-9-21(6-5-19(13)30-2)10-15-4-3-14(16-7-17(26)12-28-11-16)8-18(15)22(21)23(24,25)31-20(27)29-22/h3-4,7-8,11-13,19H,5-6,9-10H2,1-2H3,(H2,27,29)/t13-,19-,21-,22?/m1/s1. The number of nitrogens with zero attached hydrogens (tertiary/aromatic N) is 2. The molecule has 31 heavy (non-hydrogen) atoms. The molecule has 1 unspecified atom stereocenters. The maximum atomic E-state index is 6.65. The summed E-state index contributed by atoms with van der Waals surface area (Å²) in [4.78, 5) is 9.10. The predicted molar refractivity (Wildman–Crippen MR) is 123 cm³/mol. The van der Waals surface area contributed by atoms with Gasteiger partial charge in [-0.1, -0.05) is 30.7 Å². The van der Waals surface area contributed by atoms with Crippen LogP contribution in [-0.4, -0.2) is 45.3 Å². The number of aliphatic imine (C=N–C) groups is 1. The first-order chi connectivity index (χ1) is 14.7. The molecule has 1 aliphatic heterocycles. The summed E-state index contributed by atoms with van der Waals surface area (Å²) in [5, 5.41) is -0.970. The highest BCUT2D eigenvalue weighted by Crippen LogP contribution is 2.65. The van der Waals surface area contributed by atoms with Crippen LogP contribution < -0.4 is 5.73 Å². The Kier molecular flexibility index (Phi) is 4.73. The molecule has 2 spiro atoms. The van der Waals surface area contributed by atoms with Crippen LogP contribution in [0.25, 0.3) is 11.1 Å². The van der Waals surface area contributed by atoms with Crippen molar-refractivity contribution in [2.24, 2.45) is 22.1 Å². The van der Waals surface area contributed by atoms with E-state index >= 15 is 0 Å². The molecule has 3 aliphatic rings. The Bertz CT molecular complexity index is 1080. The first-order valence-electron chi connectivity index (χ1n) is 10.6. The van der Waals surface area contributed by atoms with E-state index in [0.29, 0.717) is 10.9 Å². The number of fused-ring (bicyclic) bond motifs is 3. The molecule has 2 aromatic rings. The topological polar surface area (TPSA) is 69.7 Å². The van der Waals surface area contributed by atoms with Crippen molar-refractivity contribution >= 4 is 33.3 Å². The lowest BCUT2D eigenvalue weighted by molar-refractivity contribution is -0.0559. The summed E-state index contributed by atoms with van der Waals surface area (Å²) < 4.78 is 11.5. The summed E-state index contributed by atoms with van der Waals surface area (Å²) in [6.07, 6.45) is 7.06. The second kappa shape index (κ2) is 7.01. The second-order valence-corrected chi connectivity index (χ2v) is 9.71. The lowest BCUT2D eigenvalue weighted by Crippen LogP contribution is -2.60. The number of methoxy groups -OCH3 is 1. The molecule has 156 valence electrons. The quantitative estimate of drug-likeness (QED) is 0.741. The first kappa shape index (κ1) is 20.9. The molecule has 2 heterocycles. The fourth-order valence-electron chi connectivity index (χ4n) is 6.31. The summed E-state index contributed by atoms with van der Waals surface area (Å²) >= 11 is 6.18. The van der Waals surface area contributed by atoms with Crippen molar-refractivity contribution < 1.29 is 9.47 Å². The Hall–Kier alpha value is -1.98. The average molecular weight is 432 g/mol. The zero-order valence-electron chi connectivity index (χ0n) is 17.8. The fourth-order valence-corrected chi connectivity index (χ4v) is 6.49. The van der Waals surface area contributed by atoms with Gasteiger partial charge in [-0.15, -0.1) is 0 Å². The molecule has 2 N–H and O–H groups in total. The third-order valence-electron chi connectivity index (χ3n) is 7.51. The highest BCUT2D eigenvalue weighted by atomic mass is 35.5. The van der Waals surface area contributed by atoms with Crippen molar-refractivity contribution in [3.63, 3.8) is 0 Å². The van der Waals surface area contributed by atoms with Crippen LogP contribution in [0.5, 0.6) is 0 Å². The van der Waals surface area contributed by atoms with E-state index in [1.54, 1.807) is 19.5 Å². The van der Waals surface area contributed by atoms with Crippen molar-refractivity contribution in [3.8, 4) is 11.1 Å². The van der Waals surface area contributed by atoms with Gasteiger partial charge in [-0.25, -0.2) is 4.99 Å². The van der Waals surface area contributed by atoms with Crippen LogP contribution in [-0.2, 0) is 21.4 Å². The minimum absolute atomic E-state index is 0.0357. The number of rotatable bonds is 2. The van der Waals surface area contributed by atoms with Gasteiger partial charge in [0, 0.05) is 30.5 Å². The number of halogens is 1. The Morgan fingerprint density at radius 1 is 1.23 bits per heavy atom. The van der Waals surface area contributed by atoms with E-state index < -0.39 is 10.9 Å². The second-order valence-electron chi connectivity index (χ2n) is 9.27. The third kappa shape index (κ3) is 2.89. The van der Waals surface area contributed by atoms with Crippen molar-refractivity contribution in [1.82, 2.24) is 4.98 Å². The molecule has 1 saturated carbocycles. The molecule has 4 radical (unpaired) electrons. The number of pyridine rings is 1. The highest BCUT2D eigenvalue weighted by molar-refractivity contribution is 6.41. The average Bonchev–Trinajstić information content (AvgIpc) is 3.12. The minimum Gasteiger partial charge on any atom is -0.476 e. The number of aromatic nitrogens is 1. The third-order valence-corrected chi connectivity index (χ3v) is 7.72. The summed E-state index contributed by atoms with van der Waals surface area (Å²) in [5.74, 6) is 0.328. The number of ether oxygens (including phenoxy) is 2. The van der Waals surface area contributed by atoms with Crippen LogP contribution in [0.3, 0.4) is 0 Å². The van der Waals surface area contributed by atoms with Gasteiger partial charge in [-0.3, -0.25) is 4.98 Å². The Labute approximate surface area is 190 Å². The van der Waals surface area contributed by atoms with E-state index in [1.165, 1.54) is 5.56 Å². The largest absolute Gasteiger partial charge is 0.476 e. The van der Waals surface area contributed by atoms with Gasteiger partial charge >= 0.3 is 0 Å². The zero-order chi connectivity index (χ0) is 22.0. The number of hydrogen-bond donors (Lipinski definition) is 1. The predicted octanol–water partition coefficient (Wildman–Crippen LogP) is 3.31. The van der Waals surface area contributed by atoms with Crippen LogP contribution in [0, 0.1) is 11.3 Å². The van der Waals surface area contributed by atoms with Crippen LogP contribution in [0.4, 0.5) is 0 Å². The van der Waals surface area contributed by atoms with Crippen molar-refractivity contribution in [2.75, 3.05) is 7.11 Å². The number of benzene rings is 1. The van der Waals surface area contributed by atoms with Gasteiger partial charge in [0.2, 0.25) is 0 Å². The molecule has 4 atom stereocenters. The van der Waals surface area contributed by atoms with Gasteiger partial charge in [-0.05, 0) is 60.4 Å². The summed E-state index contributed by atoms with van der Waals surface area (Å²) in [5.41, 5.74) is 8.83. The van der Waals surface area contributed by atoms with Gasteiger partial charge in [0.25, 0.3) is 6.02 Å². The SMILES string of the molecule is [B]C1([B])OC(N)=NC12c1cc(-c3cncc(Cl)c3)ccc1C[C@]21CC[C@@H](OC)[C@H](C)C1. The fraction of sp³-hybridized carbons (Fsp3) is 0.478. The molecule has 0 bridgehead atoms. The monoisotopic (exact) mass is 431 g/mol. The molecule has 5 rings (SSSR count). The normalized spacial score (nSPS) is 33.3. The molecular weight excluding hydrogens is 407 g/mol. The van der Waals surface area contributed by atoms with Gasteiger partial charge in [0.15, 0.2) is 0 Å². The maximum absolute atomic E-state index is 6.65. The van der Waals surface area contributed by atoms with E-state index in [4.69, 9.17) is 47.5 Å². The van der Waals surface area contributed by atoms with E-state index in [0.717, 1.165) is 42.4 Å². The Balaban J connectivity index is 1.70. The van der Waals surface area contributed by atoms with Crippen LogP contribution in [0.1, 0.15) is 37.3 Å². The van der Waals surface area contributed by atoms with E-state index in [9.17, 15) is 0 Å². The molecule has 1 aromatic carbocycles. The molecule has 0 saturated heterocycles. The van der Waals surface area contributed by atoms with Gasteiger partial charge in [0.05, 0.1) is 16.5 Å². The first-order valence-corrected chi connectivity index (χ1v) is 11.0. The van der Waals surface area contributed by atoms with Gasteiger partial charge in [-0.2, -0.15) is 0 Å². The number of nitrogens with two attached hydrogens (primary N) is 1. The highest BCUT2D eigenvalue weighted by Gasteiger charge is 2.68. The molecule has 8 heteroatoms. The Morgan fingerprint density at radius 3 is 2.68 bits per heavy atom. The molecular formula is C23H24B2ClN3O2. The van der Waals surface area contributed by atoms with E-state index in [-0.39, 0.29) is 17.5 Å². The van der Waals surface area contributed by atoms with Crippen molar-refractivity contribution in [3.05, 3.63) is 52.8 Å². The molecule has 1 aromatic heterocycles. The maximum Gasteiger partial charge on any atom is 0.281 e. The number of hydrogen-bond acceptors (Lipinski definition) is 5. The van der Waals surface area contributed by atoms with E-state index in [2.05, 4.69) is 30.1 Å². The number of amidine groups is 1. The lowest BCUT2D eigenvalue weighted by atomic mass is 9.44. The van der Waals surface area contributed by atoms with Crippen LogP contribution >= 0.6 is 11.6 Å². The van der Waals surface area contributed by atoms with Crippen molar-refractivity contribution in [1.29, 1.82) is 0 Å². The van der Waals surface area contributed by atoms with Crippen LogP contribution in [0.2, 0.25) is 5.02 Å². The molecule has 2 aliphatic carbocycles. The Morgan fingerprint density at radius 2 is 2.03 bits per heavy atom. The summed E-state index contributed by atoms with van der Waals surface area (Å²) in [6.45, 7) is 2.21. The van der Waals surface area contributed by atoms with E-state index in [1.807, 2.05) is 6.07 Å². The zero-order valence-corrected chi connectivity index (χ0v) is 18.5. The molecule has 1 fully saturated rings. The summed E-state index contributed by atoms with van der Waals surface area (Å²) in [6, 6.07) is 8.24. The molecule has 5 nitrogen and oxygen atoms in total.